The van der Waals surface area contributed by atoms with Crippen LogP contribution in [-0.4, -0.2) is 52.8 Å². The molecule has 0 radical (unpaired) electrons. The number of nitrogens with zero attached hydrogens (tertiary/aromatic N) is 1. The molecule has 0 saturated carbocycles. The van der Waals surface area contributed by atoms with Gasteiger partial charge >= 0.3 is 6.18 Å². The van der Waals surface area contributed by atoms with Crippen molar-refractivity contribution >= 4 is 10.0 Å². The molecule has 10 heteroatoms. The van der Waals surface area contributed by atoms with Gasteiger partial charge in [-0.2, -0.15) is 13.2 Å². The molecule has 25 heavy (non-hydrogen) atoms. The molecule has 5 nitrogen and oxygen atoms in total. The van der Waals surface area contributed by atoms with Crippen LogP contribution in [0.5, 0.6) is 5.75 Å². The average Bonchev–Trinajstić information content (AvgIpc) is 2.53. The summed E-state index contributed by atoms with van der Waals surface area (Å²) in [5.41, 5.74) is 0. The van der Waals surface area contributed by atoms with Gasteiger partial charge in [-0.05, 0) is 50.0 Å². The Hall–Kier alpha value is -1.39. The van der Waals surface area contributed by atoms with Crippen LogP contribution in [0, 0.1) is 11.7 Å². The molecule has 0 amide bonds. The first-order valence-corrected chi connectivity index (χ1v) is 9.21. The first-order chi connectivity index (χ1) is 11.6. The number of benzene rings is 1. The van der Waals surface area contributed by atoms with Crippen LogP contribution in [0.1, 0.15) is 12.8 Å². The lowest BCUT2D eigenvalue weighted by molar-refractivity contribution is -0.148. The molecule has 1 fully saturated rings. The molecule has 0 aromatic heterocycles. The third-order valence-corrected chi connectivity index (χ3v) is 5.53. The first-order valence-electron chi connectivity index (χ1n) is 7.73. The van der Waals surface area contributed by atoms with E-state index in [1.165, 1.54) is 18.1 Å². The minimum atomic E-state index is -4.23. The number of halogens is 4. The molecule has 1 aromatic carbocycles. The van der Waals surface area contributed by atoms with Gasteiger partial charge in [-0.15, -0.1) is 0 Å². The zero-order valence-corrected chi connectivity index (χ0v) is 14.5. The van der Waals surface area contributed by atoms with E-state index in [-0.39, 0.29) is 36.2 Å². The lowest BCUT2D eigenvalue weighted by atomic mass is 9.97. The van der Waals surface area contributed by atoms with E-state index in [1.807, 2.05) is 0 Å². The zero-order chi connectivity index (χ0) is 18.7. The Morgan fingerprint density at radius 2 is 1.92 bits per heavy atom. The molecule has 1 aromatic rings. The summed E-state index contributed by atoms with van der Waals surface area (Å²) in [5.74, 6) is -0.755. The van der Waals surface area contributed by atoms with Crippen molar-refractivity contribution in [2.75, 3.05) is 33.3 Å². The average molecular weight is 384 g/mol. The van der Waals surface area contributed by atoms with E-state index in [2.05, 4.69) is 4.72 Å². The standard InChI is InChI=1S/C15H20F4N2O3S/c1-24-13-3-2-12(16)8-14(13)25(22,23)20-9-11-4-6-21(7-5-11)10-15(17,18)19/h2-3,8,11,20H,4-7,9-10H2,1H3. The largest absolute Gasteiger partial charge is 0.495 e. The van der Waals surface area contributed by atoms with Crippen LogP contribution in [-0.2, 0) is 10.0 Å². The van der Waals surface area contributed by atoms with Crippen molar-refractivity contribution in [3.05, 3.63) is 24.0 Å². The number of alkyl halides is 3. The molecule has 0 bridgehead atoms. The monoisotopic (exact) mass is 384 g/mol. The summed E-state index contributed by atoms with van der Waals surface area (Å²) in [7, 11) is -2.70. The molecule has 1 saturated heterocycles. The first kappa shape index (κ1) is 19.9. The normalized spacial score (nSPS) is 17.6. The highest BCUT2D eigenvalue weighted by molar-refractivity contribution is 7.89. The Kier molecular flexibility index (Phi) is 6.28. The van der Waals surface area contributed by atoms with E-state index < -0.39 is 28.6 Å². The lowest BCUT2D eigenvalue weighted by Gasteiger charge is -2.32. The number of hydrogen-bond acceptors (Lipinski definition) is 4. The van der Waals surface area contributed by atoms with Crippen LogP contribution in [0.2, 0.25) is 0 Å². The summed E-state index contributed by atoms with van der Waals surface area (Å²) in [6, 6.07) is 3.18. The van der Waals surface area contributed by atoms with Crippen LogP contribution in [0.3, 0.4) is 0 Å². The number of likely N-dealkylation sites (tertiary alicyclic amines) is 1. The van der Waals surface area contributed by atoms with Gasteiger partial charge in [-0.3, -0.25) is 4.90 Å². The van der Waals surface area contributed by atoms with Gasteiger partial charge in [0.25, 0.3) is 0 Å². The lowest BCUT2D eigenvalue weighted by Crippen LogP contribution is -2.42. The van der Waals surface area contributed by atoms with E-state index in [0.717, 1.165) is 12.1 Å². The van der Waals surface area contributed by atoms with Gasteiger partial charge in [0.1, 0.15) is 16.5 Å². The number of piperidine rings is 1. The summed E-state index contributed by atoms with van der Waals surface area (Å²) in [4.78, 5) is 1.00. The van der Waals surface area contributed by atoms with Crippen LogP contribution in [0.15, 0.2) is 23.1 Å². The molecule has 1 heterocycles. The highest BCUT2D eigenvalue weighted by Gasteiger charge is 2.32. The van der Waals surface area contributed by atoms with E-state index in [4.69, 9.17) is 4.74 Å². The molecule has 1 aliphatic rings. The van der Waals surface area contributed by atoms with Crippen LogP contribution >= 0.6 is 0 Å². The van der Waals surface area contributed by atoms with Gasteiger partial charge in [-0.25, -0.2) is 17.5 Å². The number of hydrogen-bond donors (Lipinski definition) is 1. The highest BCUT2D eigenvalue weighted by Crippen LogP contribution is 2.26. The Morgan fingerprint density at radius 1 is 1.28 bits per heavy atom. The maximum atomic E-state index is 13.3. The molecule has 0 atom stereocenters. The molecule has 1 aliphatic heterocycles. The second-order valence-corrected chi connectivity index (χ2v) is 7.72. The summed E-state index contributed by atoms with van der Waals surface area (Å²) in [6.45, 7) is -0.349. The Labute approximate surface area is 144 Å². The molecule has 0 spiro atoms. The van der Waals surface area contributed by atoms with Crippen molar-refractivity contribution < 1.29 is 30.7 Å². The van der Waals surface area contributed by atoms with Crippen molar-refractivity contribution in [2.45, 2.75) is 23.9 Å². The van der Waals surface area contributed by atoms with Crippen molar-refractivity contribution in [3.8, 4) is 5.75 Å². The molecule has 1 N–H and O–H groups in total. The zero-order valence-electron chi connectivity index (χ0n) is 13.6. The second kappa shape index (κ2) is 7.88. The van der Waals surface area contributed by atoms with Crippen molar-refractivity contribution in [1.29, 1.82) is 0 Å². The third kappa shape index (κ3) is 5.82. The fourth-order valence-corrected chi connectivity index (χ4v) is 4.06. The number of ether oxygens (including phenoxy) is 1. The molecular formula is C15H20F4N2O3S. The van der Waals surface area contributed by atoms with E-state index >= 15 is 0 Å². The Morgan fingerprint density at radius 3 is 2.48 bits per heavy atom. The SMILES string of the molecule is COc1ccc(F)cc1S(=O)(=O)NCC1CCN(CC(F)(F)F)CC1. The molecule has 142 valence electrons. The topological polar surface area (TPSA) is 58.6 Å². The Balaban J connectivity index is 1.92. The number of rotatable bonds is 6. The van der Waals surface area contributed by atoms with Gasteiger partial charge < -0.3 is 4.74 Å². The van der Waals surface area contributed by atoms with Crippen molar-refractivity contribution in [2.24, 2.45) is 5.92 Å². The fraction of sp³-hybridized carbons (Fsp3) is 0.600. The molecular weight excluding hydrogens is 364 g/mol. The van der Waals surface area contributed by atoms with Crippen LogP contribution in [0.25, 0.3) is 0 Å². The van der Waals surface area contributed by atoms with Crippen LogP contribution < -0.4 is 9.46 Å². The smallest absolute Gasteiger partial charge is 0.401 e. The Bertz CT molecular complexity index is 687. The predicted octanol–water partition coefficient (Wildman–Crippen LogP) is 2.39. The predicted molar refractivity (Wildman–Crippen MR) is 83.4 cm³/mol. The third-order valence-electron chi connectivity index (χ3n) is 4.09. The summed E-state index contributed by atoms with van der Waals surface area (Å²) < 4.78 is 82.4. The fourth-order valence-electron chi connectivity index (χ4n) is 2.77. The second-order valence-electron chi connectivity index (χ2n) is 5.98. The molecule has 0 aliphatic carbocycles. The minimum Gasteiger partial charge on any atom is -0.495 e. The maximum Gasteiger partial charge on any atom is 0.401 e. The summed E-state index contributed by atoms with van der Waals surface area (Å²) in [6.07, 6.45) is -3.32. The van der Waals surface area contributed by atoms with Gasteiger partial charge in [0.2, 0.25) is 10.0 Å². The quantitative estimate of drug-likeness (QED) is 0.766. The van der Waals surface area contributed by atoms with Gasteiger partial charge in [0.05, 0.1) is 13.7 Å². The summed E-state index contributed by atoms with van der Waals surface area (Å²) in [5, 5.41) is 0. The number of methoxy groups -OCH3 is 1. The van der Waals surface area contributed by atoms with E-state index in [1.54, 1.807) is 0 Å². The van der Waals surface area contributed by atoms with Gasteiger partial charge in [-0.1, -0.05) is 0 Å². The van der Waals surface area contributed by atoms with Gasteiger partial charge in [0, 0.05) is 6.54 Å². The number of nitrogens with one attached hydrogen (secondary N) is 1. The van der Waals surface area contributed by atoms with Crippen molar-refractivity contribution in [3.63, 3.8) is 0 Å². The van der Waals surface area contributed by atoms with E-state index in [0.29, 0.717) is 12.8 Å². The minimum absolute atomic E-state index is 0.0221. The molecule has 2 rings (SSSR count). The van der Waals surface area contributed by atoms with E-state index in [9.17, 15) is 26.0 Å². The summed E-state index contributed by atoms with van der Waals surface area (Å²) >= 11 is 0. The maximum absolute atomic E-state index is 13.3. The van der Waals surface area contributed by atoms with Gasteiger partial charge in [0.15, 0.2) is 0 Å². The number of sulfonamides is 1. The highest BCUT2D eigenvalue weighted by atomic mass is 32.2. The van der Waals surface area contributed by atoms with Crippen molar-refractivity contribution in [1.82, 2.24) is 9.62 Å². The molecule has 0 unspecified atom stereocenters. The van der Waals surface area contributed by atoms with Crippen LogP contribution in [0.4, 0.5) is 17.6 Å².